The van der Waals surface area contributed by atoms with E-state index < -0.39 is 0 Å². The van der Waals surface area contributed by atoms with Crippen LogP contribution in [-0.4, -0.2) is 17.1 Å². The maximum absolute atomic E-state index is 8.50. The van der Waals surface area contributed by atoms with Crippen LogP contribution in [0.15, 0.2) is 28.2 Å². The Morgan fingerprint density at radius 2 is 2.57 bits per heavy atom. The average Bonchev–Trinajstić information content (AvgIpc) is 2.71. The fourth-order valence-electron chi connectivity index (χ4n) is 1.16. The molecule has 0 aromatic carbocycles. The number of amidine groups is 1. The third-order valence-corrected chi connectivity index (χ3v) is 2.01. The summed E-state index contributed by atoms with van der Waals surface area (Å²) < 4.78 is 4.92. The molecule has 0 saturated carbocycles. The summed E-state index contributed by atoms with van der Waals surface area (Å²) >= 11 is 0. The predicted octanol–water partition coefficient (Wildman–Crippen LogP) is 0.894. The lowest BCUT2D eigenvalue weighted by Crippen LogP contribution is -2.40. The second-order valence-electron chi connectivity index (χ2n) is 3.00. The van der Waals surface area contributed by atoms with Gasteiger partial charge in [0.25, 0.3) is 0 Å². The summed E-state index contributed by atoms with van der Waals surface area (Å²) in [5, 5.41) is 14.6. The minimum atomic E-state index is -0.102. The molecule has 0 radical (unpaired) electrons. The average molecular weight is 197 g/mol. The Bertz CT molecular complexity index is 282. The summed E-state index contributed by atoms with van der Waals surface area (Å²) in [5.41, 5.74) is 6.52. The van der Waals surface area contributed by atoms with Gasteiger partial charge in [-0.15, -0.1) is 0 Å². The molecule has 1 aromatic rings. The van der Waals surface area contributed by atoms with E-state index in [-0.39, 0.29) is 11.9 Å². The Morgan fingerprint density at radius 3 is 3.07 bits per heavy atom. The number of hydrogen-bond acceptors (Lipinski definition) is 4. The van der Waals surface area contributed by atoms with Crippen molar-refractivity contribution in [3.63, 3.8) is 0 Å². The van der Waals surface area contributed by atoms with Crippen molar-refractivity contribution in [1.82, 2.24) is 5.32 Å². The first-order valence-corrected chi connectivity index (χ1v) is 4.49. The van der Waals surface area contributed by atoms with Gasteiger partial charge in [-0.3, -0.25) is 0 Å². The summed E-state index contributed by atoms with van der Waals surface area (Å²) in [6.45, 7) is 2.61. The van der Waals surface area contributed by atoms with Crippen LogP contribution in [0, 0.1) is 0 Å². The van der Waals surface area contributed by atoms with E-state index >= 15 is 0 Å². The number of furan rings is 1. The highest BCUT2D eigenvalue weighted by atomic mass is 16.4. The van der Waals surface area contributed by atoms with Crippen LogP contribution in [0.25, 0.3) is 0 Å². The molecule has 5 heteroatoms. The van der Waals surface area contributed by atoms with Gasteiger partial charge in [-0.2, -0.15) is 0 Å². The Morgan fingerprint density at radius 1 is 1.79 bits per heavy atom. The monoisotopic (exact) mass is 197 g/mol. The molecule has 1 unspecified atom stereocenters. The van der Waals surface area contributed by atoms with Crippen molar-refractivity contribution < 1.29 is 9.62 Å². The van der Waals surface area contributed by atoms with Crippen molar-refractivity contribution in [3.8, 4) is 0 Å². The second-order valence-corrected chi connectivity index (χ2v) is 3.00. The maximum Gasteiger partial charge on any atom is 0.156 e. The highest BCUT2D eigenvalue weighted by Crippen LogP contribution is 2.00. The Hall–Kier alpha value is -1.49. The van der Waals surface area contributed by atoms with E-state index in [4.69, 9.17) is 15.4 Å². The molecular formula is C9H15N3O2. The van der Waals surface area contributed by atoms with Crippen molar-refractivity contribution in [1.29, 1.82) is 0 Å². The van der Waals surface area contributed by atoms with Gasteiger partial charge in [0.05, 0.1) is 18.6 Å². The molecule has 0 amide bonds. The largest absolute Gasteiger partial charge is 0.472 e. The lowest BCUT2D eigenvalue weighted by molar-refractivity contribution is 0.314. The fraction of sp³-hybridized carbons (Fsp3) is 0.444. The maximum atomic E-state index is 8.50. The minimum Gasteiger partial charge on any atom is -0.472 e. The molecule has 5 nitrogen and oxygen atoms in total. The summed E-state index contributed by atoms with van der Waals surface area (Å²) in [6, 6.07) is 1.77. The van der Waals surface area contributed by atoms with Gasteiger partial charge in [0.15, 0.2) is 5.84 Å². The summed E-state index contributed by atoms with van der Waals surface area (Å²) in [7, 11) is 0. The summed E-state index contributed by atoms with van der Waals surface area (Å²) in [4.78, 5) is 0. The Labute approximate surface area is 82.6 Å². The molecule has 1 atom stereocenters. The van der Waals surface area contributed by atoms with Gasteiger partial charge >= 0.3 is 0 Å². The summed E-state index contributed by atoms with van der Waals surface area (Å²) in [5.74, 6) is 0.205. The first-order chi connectivity index (χ1) is 6.77. The van der Waals surface area contributed by atoms with E-state index in [0.29, 0.717) is 6.54 Å². The first kappa shape index (κ1) is 10.6. The first-order valence-electron chi connectivity index (χ1n) is 4.49. The molecule has 1 aromatic heterocycles. The van der Waals surface area contributed by atoms with Crippen LogP contribution in [0.4, 0.5) is 0 Å². The quantitative estimate of drug-likeness (QED) is 0.283. The molecule has 78 valence electrons. The van der Waals surface area contributed by atoms with Crippen LogP contribution in [0.1, 0.15) is 18.9 Å². The molecule has 0 bridgehead atoms. The number of rotatable bonds is 5. The van der Waals surface area contributed by atoms with Crippen LogP contribution in [0.3, 0.4) is 0 Å². The van der Waals surface area contributed by atoms with Crippen LogP contribution >= 0.6 is 0 Å². The topological polar surface area (TPSA) is 83.8 Å². The second kappa shape index (κ2) is 5.29. The Balaban J connectivity index is 2.42. The number of hydrogen-bond donors (Lipinski definition) is 3. The standard InChI is InChI=1S/C9H15N3O2/c1-2-8(9(10)12-13)11-5-7-3-4-14-6-7/h3-4,6,8,11,13H,2,5H2,1H3,(H2,10,12). The lowest BCUT2D eigenvalue weighted by Gasteiger charge is -2.14. The zero-order valence-corrected chi connectivity index (χ0v) is 8.10. The molecule has 0 aliphatic carbocycles. The number of nitrogens with one attached hydrogen (secondary N) is 1. The zero-order chi connectivity index (χ0) is 10.4. The van der Waals surface area contributed by atoms with Gasteiger partial charge < -0.3 is 20.7 Å². The van der Waals surface area contributed by atoms with E-state index in [1.54, 1.807) is 12.5 Å². The minimum absolute atomic E-state index is 0.102. The van der Waals surface area contributed by atoms with Crippen molar-refractivity contribution in [2.45, 2.75) is 25.9 Å². The third kappa shape index (κ3) is 2.77. The van der Waals surface area contributed by atoms with Crippen molar-refractivity contribution in [2.75, 3.05) is 0 Å². The van der Waals surface area contributed by atoms with Gasteiger partial charge in [-0.1, -0.05) is 12.1 Å². The van der Waals surface area contributed by atoms with Crippen LogP contribution in [0.2, 0.25) is 0 Å². The number of nitrogens with two attached hydrogens (primary N) is 1. The van der Waals surface area contributed by atoms with Crippen LogP contribution in [-0.2, 0) is 6.54 Å². The van der Waals surface area contributed by atoms with Crippen molar-refractivity contribution in [2.24, 2.45) is 10.9 Å². The van der Waals surface area contributed by atoms with E-state index in [0.717, 1.165) is 12.0 Å². The highest BCUT2D eigenvalue weighted by molar-refractivity contribution is 5.85. The number of nitrogens with zero attached hydrogens (tertiary/aromatic N) is 1. The smallest absolute Gasteiger partial charge is 0.156 e. The number of oxime groups is 1. The molecule has 1 heterocycles. The molecule has 0 aliphatic rings. The van der Waals surface area contributed by atoms with Crippen molar-refractivity contribution >= 4 is 5.84 Å². The molecule has 14 heavy (non-hydrogen) atoms. The Kier molecular flexibility index (Phi) is 4.00. The fourth-order valence-corrected chi connectivity index (χ4v) is 1.16. The highest BCUT2D eigenvalue weighted by Gasteiger charge is 2.10. The summed E-state index contributed by atoms with van der Waals surface area (Å²) in [6.07, 6.45) is 4.04. The van der Waals surface area contributed by atoms with Gasteiger partial charge in [0.2, 0.25) is 0 Å². The third-order valence-electron chi connectivity index (χ3n) is 2.01. The van der Waals surface area contributed by atoms with Gasteiger partial charge in [-0.05, 0) is 12.5 Å². The molecule has 0 aliphatic heterocycles. The van der Waals surface area contributed by atoms with E-state index in [1.807, 2.05) is 13.0 Å². The van der Waals surface area contributed by atoms with Gasteiger partial charge in [0, 0.05) is 12.1 Å². The zero-order valence-electron chi connectivity index (χ0n) is 8.10. The predicted molar refractivity (Wildman–Crippen MR) is 53.0 cm³/mol. The molecule has 0 fully saturated rings. The molecular weight excluding hydrogens is 182 g/mol. The van der Waals surface area contributed by atoms with Gasteiger partial charge in [-0.25, -0.2) is 0 Å². The molecule has 0 spiro atoms. The molecule has 0 saturated heterocycles. The van der Waals surface area contributed by atoms with Crippen molar-refractivity contribution in [3.05, 3.63) is 24.2 Å². The van der Waals surface area contributed by atoms with E-state index in [9.17, 15) is 0 Å². The molecule has 4 N–H and O–H groups in total. The molecule has 1 rings (SSSR count). The lowest BCUT2D eigenvalue weighted by atomic mass is 10.2. The van der Waals surface area contributed by atoms with E-state index in [2.05, 4.69) is 10.5 Å². The van der Waals surface area contributed by atoms with Crippen LogP contribution in [0.5, 0.6) is 0 Å². The SMILES string of the molecule is CCC(NCc1ccoc1)/C(N)=N/O. The van der Waals surface area contributed by atoms with Gasteiger partial charge in [0.1, 0.15) is 0 Å². The van der Waals surface area contributed by atoms with Crippen LogP contribution < -0.4 is 11.1 Å². The van der Waals surface area contributed by atoms with E-state index in [1.165, 1.54) is 0 Å². The normalized spacial score (nSPS) is 14.2.